The van der Waals surface area contributed by atoms with Crippen LogP contribution in [0.15, 0.2) is 22.9 Å². The highest BCUT2D eigenvalue weighted by atomic mass is 79.9. The number of nitrogens with zero attached hydrogens (tertiary/aromatic N) is 1. The summed E-state index contributed by atoms with van der Waals surface area (Å²) in [6.07, 6.45) is 3.74. The molecule has 16 heavy (non-hydrogen) atoms. The second-order valence-corrected chi connectivity index (χ2v) is 7.14. The number of pyridine rings is 1. The normalized spacial score (nSPS) is 15.8. The van der Waals surface area contributed by atoms with Gasteiger partial charge in [0.2, 0.25) is 0 Å². The van der Waals surface area contributed by atoms with Gasteiger partial charge in [-0.2, -0.15) is 0 Å². The van der Waals surface area contributed by atoms with Crippen LogP contribution in [-0.4, -0.2) is 36.1 Å². The van der Waals surface area contributed by atoms with Gasteiger partial charge in [0.05, 0.1) is 11.4 Å². The lowest BCUT2D eigenvalue weighted by Gasteiger charge is -2.16. The first kappa shape index (κ1) is 13.6. The molecular weight excluding hydrogens is 294 g/mol. The van der Waals surface area contributed by atoms with Crippen molar-refractivity contribution in [2.75, 3.05) is 6.26 Å². The zero-order valence-electron chi connectivity index (χ0n) is 9.09. The van der Waals surface area contributed by atoms with E-state index < -0.39 is 21.2 Å². The molecule has 1 N–H and O–H groups in total. The van der Waals surface area contributed by atoms with Crippen molar-refractivity contribution in [1.29, 1.82) is 0 Å². The highest BCUT2D eigenvalue weighted by molar-refractivity contribution is 9.10. The number of halogens is 1. The van der Waals surface area contributed by atoms with Crippen LogP contribution in [0.1, 0.15) is 12.5 Å². The van der Waals surface area contributed by atoms with E-state index in [1.807, 2.05) is 6.07 Å². The maximum absolute atomic E-state index is 11.2. The van der Waals surface area contributed by atoms with Gasteiger partial charge in [-0.1, -0.05) is 0 Å². The lowest BCUT2D eigenvalue weighted by atomic mass is 10.1. The van der Waals surface area contributed by atoms with Gasteiger partial charge in [-0.15, -0.1) is 0 Å². The first-order valence-electron chi connectivity index (χ1n) is 4.77. The van der Waals surface area contributed by atoms with Crippen molar-refractivity contribution in [2.45, 2.75) is 24.7 Å². The van der Waals surface area contributed by atoms with E-state index in [-0.39, 0.29) is 6.42 Å². The predicted octanol–water partition coefficient (Wildman–Crippen LogP) is 1.18. The number of aliphatic hydroxyl groups is 1. The third-order valence-corrected chi connectivity index (χ3v) is 4.52. The van der Waals surface area contributed by atoms with Crippen molar-refractivity contribution in [1.82, 2.24) is 4.98 Å². The highest BCUT2D eigenvalue weighted by Crippen LogP contribution is 2.14. The molecular formula is C10H14BrNO3S. The molecule has 2 atom stereocenters. The van der Waals surface area contributed by atoms with Gasteiger partial charge in [-0.3, -0.25) is 4.98 Å². The number of hydrogen-bond acceptors (Lipinski definition) is 4. The Morgan fingerprint density at radius 2 is 2.12 bits per heavy atom. The largest absolute Gasteiger partial charge is 0.391 e. The minimum Gasteiger partial charge on any atom is -0.391 e. The maximum Gasteiger partial charge on any atom is 0.152 e. The standard InChI is InChI=1S/C10H14BrNO3S/c1-7(16(2,14)15)10(13)4-8-3-9(11)6-12-5-8/h3,5-7,10,13H,4H2,1-2H3. The fraction of sp³-hybridized carbons (Fsp3) is 0.500. The van der Waals surface area contributed by atoms with Crippen LogP contribution in [-0.2, 0) is 16.3 Å². The summed E-state index contributed by atoms with van der Waals surface area (Å²) in [6.45, 7) is 1.51. The molecule has 0 aliphatic carbocycles. The summed E-state index contributed by atoms with van der Waals surface area (Å²) in [6, 6.07) is 1.81. The Bertz CT molecular complexity index is 461. The molecule has 1 rings (SSSR count). The fourth-order valence-electron chi connectivity index (χ4n) is 1.26. The molecule has 0 aromatic carbocycles. The van der Waals surface area contributed by atoms with Crippen LogP contribution in [0.25, 0.3) is 0 Å². The van der Waals surface area contributed by atoms with Crippen molar-refractivity contribution in [3.63, 3.8) is 0 Å². The monoisotopic (exact) mass is 307 g/mol. The smallest absolute Gasteiger partial charge is 0.152 e. The molecule has 0 fully saturated rings. The van der Waals surface area contributed by atoms with Crippen LogP contribution >= 0.6 is 15.9 Å². The van der Waals surface area contributed by atoms with Crippen LogP contribution in [0.3, 0.4) is 0 Å². The minimum absolute atomic E-state index is 0.278. The van der Waals surface area contributed by atoms with Gasteiger partial charge in [-0.05, 0) is 34.5 Å². The number of aliphatic hydroxyl groups excluding tert-OH is 1. The van der Waals surface area contributed by atoms with Gasteiger partial charge in [-0.25, -0.2) is 8.42 Å². The SMILES string of the molecule is CC(C(O)Cc1cncc(Br)c1)S(C)(=O)=O. The molecule has 0 saturated heterocycles. The van der Waals surface area contributed by atoms with Gasteiger partial charge in [0.25, 0.3) is 0 Å². The van der Waals surface area contributed by atoms with E-state index in [2.05, 4.69) is 20.9 Å². The molecule has 0 bridgehead atoms. The Morgan fingerprint density at radius 1 is 1.50 bits per heavy atom. The zero-order chi connectivity index (χ0) is 12.3. The van der Waals surface area contributed by atoms with Crippen LogP contribution in [0, 0.1) is 0 Å². The van der Waals surface area contributed by atoms with Crippen molar-refractivity contribution in [3.8, 4) is 0 Å². The van der Waals surface area contributed by atoms with Crippen molar-refractivity contribution in [2.24, 2.45) is 0 Å². The van der Waals surface area contributed by atoms with Crippen LogP contribution in [0.5, 0.6) is 0 Å². The number of rotatable bonds is 4. The third-order valence-electron chi connectivity index (χ3n) is 2.42. The van der Waals surface area contributed by atoms with Gasteiger partial charge < -0.3 is 5.11 Å². The quantitative estimate of drug-likeness (QED) is 0.907. The van der Waals surface area contributed by atoms with E-state index in [4.69, 9.17) is 0 Å². The molecule has 6 heteroatoms. The van der Waals surface area contributed by atoms with Crippen molar-refractivity contribution in [3.05, 3.63) is 28.5 Å². The van der Waals surface area contributed by atoms with E-state index in [0.717, 1.165) is 16.3 Å². The Morgan fingerprint density at radius 3 is 2.62 bits per heavy atom. The Hall–Kier alpha value is -0.460. The molecule has 0 aliphatic heterocycles. The summed E-state index contributed by atoms with van der Waals surface area (Å²) in [5, 5.41) is 9.00. The van der Waals surface area contributed by atoms with Crippen LogP contribution in [0.4, 0.5) is 0 Å². The van der Waals surface area contributed by atoms with Gasteiger partial charge in [0, 0.05) is 29.5 Å². The Labute approximate surface area is 104 Å². The molecule has 1 aromatic heterocycles. The number of aromatic nitrogens is 1. The molecule has 0 amide bonds. The average molecular weight is 308 g/mol. The zero-order valence-corrected chi connectivity index (χ0v) is 11.5. The van der Waals surface area contributed by atoms with Crippen LogP contribution < -0.4 is 0 Å². The summed E-state index contributed by atoms with van der Waals surface area (Å²) in [5.41, 5.74) is 0.803. The van der Waals surface area contributed by atoms with E-state index in [1.165, 1.54) is 6.92 Å². The third kappa shape index (κ3) is 3.84. The maximum atomic E-state index is 11.2. The fourth-order valence-corrected chi connectivity index (χ4v) is 2.34. The van der Waals surface area contributed by atoms with Gasteiger partial charge >= 0.3 is 0 Å². The van der Waals surface area contributed by atoms with E-state index in [1.54, 1.807) is 12.4 Å². The molecule has 90 valence electrons. The van der Waals surface area contributed by atoms with E-state index in [0.29, 0.717) is 0 Å². The Kier molecular flexibility index (Phi) is 4.46. The molecule has 1 heterocycles. The minimum atomic E-state index is -3.21. The average Bonchev–Trinajstić information content (AvgIpc) is 2.15. The predicted molar refractivity (Wildman–Crippen MR) is 66.0 cm³/mol. The lowest BCUT2D eigenvalue weighted by Crippen LogP contribution is -2.32. The first-order valence-corrected chi connectivity index (χ1v) is 7.52. The summed E-state index contributed by atoms with van der Waals surface area (Å²) < 4.78 is 23.3. The number of hydrogen-bond donors (Lipinski definition) is 1. The summed E-state index contributed by atoms with van der Waals surface area (Å²) >= 11 is 3.27. The van der Waals surface area contributed by atoms with Gasteiger partial charge in [0.15, 0.2) is 9.84 Å². The summed E-state index contributed by atoms with van der Waals surface area (Å²) in [5.74, 6) is 0. The van der Waals surface area contributed by atoms with Gasteiger partial charge in [0.1, 0.15) is 0 Å². The van der Waals surface area contributed by atoms with E-state index >= 15 is 0 Å². The molecule has 0 radical (unpaired) electrons. The Balaban J connectivity index is 2.75. The van der Waals surface area contributed by atoms with Crippen LogP contribution in [0.2, 0.25) is 0 Å². The highest BCUT2D eigenvalue weighted by Gasteiger charge is 2.24. The van der Waals surface area contributed by atoms with E-state index in [9.17, 15) is 13.5 Å². The molecule has 2 unspecified atom stereocenters. The molecule has 0 aliphatic rings. The summed E-state index contributed by atoms with van der Waals surface area (Å²) in [7, 11) is -3.21. The molecule has 0 saturated carbocycles. The second kappa shape index (κ2) is 5.25. The first-order chi connectivity index (χ1) is 7.30. The number of sulfone groups is 1. The second-order valence-electron chi connectivity index (χ2n) is 3.82. The topological polar surface area (TPSA) is 67.3 Å². The molecule has 1 aromatic rings. The lowest BCUT2D eigenvalue weighted by molar-refractivity contribution is 0.173. The molecule has 4 nitrogen and oxygen atoms in total. The summed E-state index contributed by atoms with van der Waals surface area (Å²) in [4.78, 5) is 3.95. The molecule has 0 spiro atoms. The van der Waals surface area contributed by atoms with Crippen molar-refractivity contribution < 1.29 is 13.5 Å². The van der Waals surface area contributed by atoms with Crippen molar-refractivity contribution >= 4 is 25.8 Å².